The van der Waals surface area contributed by atoms with Crippen LogP contribution >= 0.6 is 0 Å². The minimum atomic E-state index is -0.530. The molecule has 6 rings (SSSR count). The van der Waals surface area contributed by atoms with E-state index in [0.29, 0.717) is 25.1 Å². The van der Waals surface area contributed by atoms with Gasteiger partial charge in [0.25, 0.3) is 0 Å². The van der Waals surface area contributed by atoms with E-state index in [4.69, 9.17) is 9.84 Å². The summed E-state index contributed by atoms with van der Waals surface area (Å²) in [5.41, 5.74) is 5.25. The molecular weight excluding hydrogens is 505 g/mol. The standard InChI is InChI=1S/C32H30FN5O2/c1-3-28-27-21-37(32(39)34-20-22-10-7-15-26(18-22)40-2)30(23-11-8-12-24(33)19-23)29-16-9-17-36(29)31(27)38(35-28)25-13-5-4-6-14-25/h4-19,30H,3,20-21H2,1-2H3,(H,34,39). The summed E-state index contributed by atoms with van der Waals surface area (Å²) in [6.07, 6.45) is 2.68. The molecule has 2 aromatic heterocycles. The zero-order chi connectivity index (χ0) is 27.6. The summed E-state index contributed by atoms with van der Waals surface area (Å²) in [5.74, 6) is 1.26. The van der Waals surface area contributed by atoms with Gasteiger partial charge in [-0.1, -0.05) is 49.4 Å². The Bertz CT molecular complexity index is 1660. The third-order valence-electron chi connectivity index (χ3n) is 7.31. The topological polar surface area (TPSA) is 64.3 Å². The lowest BCUT2D eigenvalue weighted by Gasteiger charge is -2.31. The minimum Gasteiger partial charge on any atom is -0.497 e. The summed E-state index contributed by atoms with van der Waals surface area (Å²) in [7, 11) is 1.62. The van der Waals surface area contributed by atoms with Crippen molar-refractivity contribution in [1.82, 2.24) is 24.6 Å². The first kappa shape index (κ1) is 25.4. The predicted octanol–water partition coefficient (Wildman–Crippen LogP) is 6.19. The largest absolute Gasteiger partial charge is 0.497 e. The Labute approximate surface area is 232 Å². The molecular formula is C32H30FN5O2. The summed E-state index contributed by atoms with van der Waals surface area (Å²) in [4.78, 5) is 15.8. The van der Waals surface area contributed by atoms with Crippen molar-refractivity contribution < 1.29 is 13.9 Å². The maximum atomic E-state index is 14.5. The number of carbonyl (C=O) groups excluding carboxylic acids is 1. The Balaban J connectivity index is 1.48. The van der Waals surface area contributed by atoms with Crippen LogP contribution in [0.4, 0.5) is 9.18 Å². The Morgan fingerprint density at radius 2 is 1.85 bits per heavy atom. The van der Waals surface area contributed by atoms with Crippen LogP contribution in [0.25, 0.3) is 11.5 Å². The fourth-order valence-electron chi connectivity index (χ4n) is 5.44. The highest BCUT2D eigenvalue weighted by molar-refractivity contribution is 5.76. The van der Waals surface area contributed by atoms with Crippen molar-refractivity contribution in [2.24, 2.45) is 0 Å². The van der Waals surface area contributed by atoms with E-state index in [-0.39, 0.29) is 11.8 Å². The number of carbonyl (C=O) groups is 1. The summed E-state index contributed by atoms with van der Waals surface area (Å²) in [6, 6.07) is 27.2. The van der Waals surface area contributed by atoms with Crippen molar-refractivity contribution in [1.29, 1.82) is 0 Å². The maximum absolute atomic E-state index is 14.5. The molecule has 40 heavy (non-hydrogen) atoms. The molecule has 7 nitrogen and oxygen atoms in total. The number of hydrogen-bond donors (Lipinski definition) is 1. The van der Waals surface area contributed by atoms with Gasteiger partial charge in [-0.15, -0.1) is 0 Å². The fourth-order valence-corrected chi connectivity index (χ4v) is 5.44. The van der Waals surface area contributed by atoms with Crippen molar-refractivity contribution in [3.63, 3.8) is 0 Å². The SMILES string of the molecule is CCc1nn(-c2ccccc2)c2c1CN(C(=O)NCc1cccc(OC)c1)C(c1cccc(F)c1)c1cccn1-2. The zero-order valence-electron chi connectivity index (χ0n) is 22.4. The van der Waals surface area contributed by atoms with Gasteiger partial charge >= 0.3 is 6.03 Å². The summed E-state index contributed by atoms with van der Waals surface area (Å²) in [6.45, 7) is 2.69. The molecule has 2 amide bonds. The first-order chi connectivity index (χ1) is 19.6. The lowest BCUT2D eigenvalue weighted by molar-refractivity contribution is 0.180. The number of nitrogens with one attached hydrogen (secondary N) is 1. The molecule has 0 saturated heterocycles. The van der Waals surface area contributed by atoms with Crippen molar-refractivity contribution in [3.05, 3.63) is 131 Å². The normalized spacial score (nSPS) is 14.3. The second kappa shape index (κ2) is 10.7. The fraction of sp³-hybridized carbons (Fsp3) is 0.188. The molecule has 0 spiro atoms. The van der Waals surface area contributed by atoms with E-state index in [1.807, 2.05) is 83.7 Å². The molecule has 1 aliphatic heterocycles. The monoisotopic (exact) mass is 535 g/mol. The summed E-state index contributed by atoms with van der Waals surface area (Å²) >= 11 is 0. The Hall–Kier alpha value is -4.85. The van der Waals surface area contributed by atoms with Crippen molar-refractivity contribution >= 4 is 6.03 Å². The number of hydrogen-bond acceptors (Lipinski definition) is 3. The van der Waals surface area contributed by atoms with Gasteiger partial charge in [-0.3, -0.25) is 0 Å². The van der Waals surface area contributed by atoms with Gasteiger partial charge in [0.2, 0.25) is 0 Å². The van der Waals surface area contributed by atoms with Crippen LogP contribution in [0.5, 0.6) is 5.75 Å². The van der Waals surface area contributed by atoms with Crippen LogP contribution in [0.1, 0.15) is 41.0 Å². The number of methoxy groups -OCH3 is 1. The molecule has 1 aliphatic rings. The number of aromatic nitrogens is 3. The van der Waals surface area contributed by atoms with E-state index < -0.39 is 6.04 Å². The van der Waals surface area contributed by atoms with E-state index in [1.54, 1.807) is 18.1 Å². The molecule has 0 saturated carbocycles. The van der Waals surface area contributed by atoms with Crippen LogP contribution in [0.2, 0.25) is 0 Å². The lowest BCUT2D eigenvalue weighted by Crippen LogP contribution is -2.41. The lowest BCUT2D eigenvalue weighted by atomic mass is 10.0. The quantitative estimate of drug-likeness (QED) is 0.282. The van der Waals surface area contributed by atoms with E-state index in [2.05, 4.69) is 16.8 Å². The van der Waals surface area contributed by atoms with Crippen LogP contribution in [0, 0.1) is 5.82 Å². The molecule has 5 aromatic rings. The van der Waals surface area contributed by atoms with E-state index >= 15 is 0 Å². The van der Waals surface area contributed by atoms with E-state index in [9.17, 15) is 9.18 Å². The molecule has 8 heteroatoms. The molecule has 0 fully saturated rings. The molecule has 1 unspecified atom stereocenters. The van der Waals surface area contributed by atoms with Crippen LogP contribution in [0.15, 0.2) is 97.2 Å². The number of halogens is 1. The Morgan fingerprint density at radius 3 is 2.62 bits per heavy atom. The van der Waals surface area contributed by atoms with Crippen LogP contribution in [-0.4, -0.2) is 32.4 Å². The Morgan fingerprint density at radius 1 is 1.02 bits per heavy atom. The van der Waals surface area contributed by atoms with Crippen molar-refractivity contribution in [3.8, 4) is 17.3 Å². The maximum Gasteiger partial charge on any atom is 0.318 e. The molecule has 202 valence electrons. The molecule has 3 aromatic carbocycles. The molecule has 1 N–H and O–H groups in total. The predicted molar refractivity (Wildman–Crippen MR) is 151 cm³/mol. The molecule has 0 aliphatic carbocycles. The minimum absolute atomic E-state index is 0.257. The van der Waals surface area contributed by atoms with Crippen molar-refractivity contribution in [2.75, 3.05) is 7.11 Å². The van der Waals surface area contributed by atoms with Gasteiger partial charge in [0.05, 0.1) is 36.8 Å². The third kappa shape index (κ3) is 4.62. The highest BCUT2D eigenvalue weighted by Gasteiger charge is 2.36. The van der Waals surface area contributed by atoms with Gasteiger partial charge in [0, 0.05) is 18.3 Å². The average molecular weight is 536 g/mol. The Kier molecular flexibility index (Phi) is 6.82. The van der Waals surface area contributed by atoms with Gasteiger partial charge in [0.15, 0.2) is 0 Å². The van der Waals surface area contributed by atoms with Gasteiger partial charge in [-0.05, 0) is 66.1 Å². The number of rotatable bonds is 6. The summed E-state index contributed by atoms with van der Waals surface area (Å²) in [5, 5.41) is 8.08. The molecule has 0 bridgehead atoms. The highest BCUT2D eigenvalue weighted by Crippen LogP contribution is 2.38. The highest BCUT2D eigenvalue weighted by atomic mass is 19.1. The first-order valence-corrected chi connectivity index (χ1v) is 13.3. The van der Waals surface area contributed by atoms with Crippen LogP contribution < -0.4 is 10.1 Å². The number of urea groups is 1. The molecule has 1 atom stereocenters. The van der Waals surface area contributed by atoms with Crippen molar-refractivity contribution in [2.45, 2.75) is 32.5 Å². The average Bonchev–Trinajstić information content (AvgIpc) is 3.57. The van der Waals surface area contributed by atoms with Gasteiger partial charge in [0.1, 0.15) is 17.4 Å². The number of fused-ring (bicyclic) bond motifs is 3. The second-order valence-electron chi connectivity index (χ2n) is 9.75. The number of aryl methyl sites for hydroxylation is 1. The van der Waals surface area contributed by atoms with Gasteiger partial charge in [-0.25, -0.2) is 13.9 Å². The number of amides is 2. The van der Waals surface area contributed by atoms with E-state index in [1.165, 1.54) is 12.1 Å². The molecule has 0 radical (unpaired) electrons. The second-order valence-corrected chi connectivity index (χ2v) is 9.75. The molecule has 3 heterocycles. The van der Waals surface area contributed by atoms with E-state index in [0.717, 1.165) is 39.8 Å². The first-order valence-electron chi connectivity index (χ1n) is 13.3. The van der Waals surface area contributed by atoms with Crippen LogP contribution in [0.3, 0.4) is 0 Å². The number of ether oxygens (including phenoxy) is 1. The van der Waals surface area contributed by atoms with Gasteiger partial charge in [-0.2, -0.15) is 5.10 Å². The smallest absolute Gasteiger partial charge is 0.318 e. The zero-order valence-corrected chi connectivity index (χ0v) is 22.4. The third-order valence-corrected chi connectivity index (χ3v) is 7.31. The number of para-hydroxylation sites is 1. The number of benzene rings is 3. The van der Waals surface area contributed by atoms with Gasteiger partial charge < -0.3 is 19.5 Å². The number of nitrogens with zero attached hydrogens (tertiary/aromatic N) is 4. The van der Waals surface area contributed by atoms with Crippen LogP contribution in [-0.2, 0) is 19.5 Å². The summed E-state index contributed by atoms with van der Waals surface area (Å²) < 4.78 is 23.9.